The van der Waals surface area contributed by atoms with Crippen LogP contribution >= 0.6 is 0 Å². The highest BCUT2D eigenvalue weighted by atomic mass is 19.1. The molecule has 112 valence electrons. The van der Waals surface area contributed by atoms with Crippen LogP contribution in [0.4, 0.5) is 8.78 Å². The average Bonchev–Trinajstić information content (AvgIpc) is 2.48. The van der Waals surface area contributed by atoms with Crippen LogP contribution in [0.1, 0.15) is 18.6 Å². The molecule has 0 spiro atoms. The van der Waals surface area contributed by atoms with Crippen LogP contribution in [-0.2, 0) is 9.53 Å². The summed E-state index contributed by atoms with van der Waals surface area (Å²) in [6, 6.07) is 9.33. The molecule has 0 aromatic heterocycles. The van der Waals surface area contributed by atoms with Gasteiger partial charge in [-0.25, -0.2) is 8.78 Å². The zero-order valence-electron chi connectivity index (χ0n) is 11.7. The van der Waals surface area contributed by atoms with E-state index in [2.05, 4.69) is 5.92 Å². The van der Waals surface area contributed by atoms with E-state index < -0.39 is 23.7 Å². The van der Waals surface area contributed by atoms with Gasteiger partial charge in [-0.15, -0.1) is 6.42 Å². The monoisotopic (exact) mass is 302 g/mol. The molecule has 0 aliphatic carbocycles. The van der Waals surface area contributed by atoms with Gasteiger partial charge < -0.3 is 9.47 Å². The Bertz CT molecular complexity index is 718. The Labute approximate surface area is 126 Å². The maximum atomic E-state index is 13.5. The van der Waals surface area contributed by atoms with Crippen LogP contribution in [0.2, 0.25) is 0 Å². The summed E-state index contributed by atoms with van der Waals surface area (Å²) in [5.41, 5.74) is 0.588. The van der Waals surface area contributed by atoms with Gasteiger partial charge in [0.2, 0.25) is 0 Å². The summed E-state index contributed by atoms with van der Waals surface area (Å²) in [7, 11) is 0. The predicted molar refractivity (Wildman–Crippen MR) is 76.2 cm³/mol. The second-order valence-electron chi connectivity index (χ2n) is 4.40. The Morgan fingerprint density at radius 3 is 2.41 bits per heavy atom. The van der Waals surface area contributed by atoms with E-state index >= 15 is 0 Å². The van der Waals surface area contributed by atoms with Crippen molar-refractivity contribution in [2.24, 2.45) is 0 Å². The van der Waals surface area contributed by atoms with Gasteiger partial charge in [-0.05, 0) is 24.3 Å². The van der Waals surface area contributed by atoms with Crippen LogP contribution < -0.4 is 4.74 Å². The van der Waals surface area contributed by atoms with E-state index in [0.29, 0.717) is 11.3 Å². The lowest BCUT2D eigenvalue weighted by atomic mass is 10.1. The fourth-order valence-corrected chi connectivity index (χ4v) is 1.76. The van der Waals surface area contributed by atoms with Gasteiger partial charge in [-0.1, -0.05) is 18.1 Å². The van der Waals surface area contributed by atoms with E-state index in [0.717, 1.165) is 12.1 Å². The normalized spacial score (nSPS) is 11.4. The molecular formula is C17H12F2O3. The molecule has 0 N–H and O–H groups in total. The number of terminal acetylenes is 1. The lowest BCUT2D eigenvalue weighted by molar-refractivity contribution is -0.144. The first-order valence-electron chi connectivity index (χ1n) is 6.36. The summed E-state index contributed by atoms with van der Waals surface area (Å²) in [5, 5.41) is 0. The van der Waals surface area contributed by atoms with Crippen LogP contribution in [0.3, 0.4) is 0 Å². The lowest BCUT2D eigenvalue weighted by Crippen LogP contribution is -2.06. The molecule has 5 heteroatoms. The number of hydrogen-bond donors (Lipinski definition) is 0. The van der Waals surface area contributed by atoms with Crippen molar-refractivity contribution < 1.29 is 23.0 Å². The number of rotatable bonds is 4. The Hall–Kier alpha value is -2.87. The summed E-state index contributed by atoms with van der Waals surface area (Å²) < 4.78 is 36.6. The molecule has 0 radical (unpaired) electrons. The van der Waals surface area contributed by atoms with E-state index in [9.17, 15) is 13.6 Å². The third-order valence-electron chi connectivity index (χ3n) is 2.74. The lowest BCUT2D eigenvalue weighted by Gasteiger charge is -2.12. The molecule has 0 aliphatic heterocycles. The van der Waals surface area contributed by atoms with Gasteiger partial charge in [0.05, 0.1) is 0 Å². The zero-order valence-corrected chi connectivity index (χ0v) is 11.7. The Kier molecular flexibility index (Phi) is 4.74. The first kappa shape index (κ1) is 15.5. The van der Waals surface area contributed by atoms with Crippen LogP contribution in [0.25, 0.3) is 0 Å². The number of carbonyl (C=O) groups excluding carboxylic acids is 1. The van der Waals surface area contributed by atoms with Gasteiger partial charge >= 0.3 is 5.97 Å². The van der Waals surface area contributed by atoms with E-state index in [1.54, 1.807) is 24.3 Å². The number of ether oxygens (including phenoxy) is 2. The van der Waals surface area contributed by atoms with Gasteiger partial charge in [0.15, 0.2) is 17.7 Å². The molecule has 0 heterocycles. The second kappa shape index (κ2) is 6.72. The Morgan fingerprint density at radius 2 is 1.86 bits per heavy atom. The summed E-state index contributed by atoms with van der Waals surface area (Å²) in [6.45, 7) is 1.26. The Morgan fingerprint density at radius 1 is 1.18 bits per heavy atom. The smallest absolute Gasteiger partial charge is 0.304 e. The molecule has 0 fully saturated rings. The molecule has 22 heavy (non-hydrogen) atoms. The van der Waals surface area contributed by atoms with Gasteiger partial charge in [0, 0.05) is 18.6 Å². The van der Waals surface area contributed by atoms with Crippen molar-refractivity contribution in [1.82, 2.24) is 0 Å². The molecule has 0 bridgehead atoms. The van der Waals surface area contributed by atoms with Crippen molar-refractivity contribution in [3.05, 3.63) is 59.7 Å². The van der Waals surface area contributed by atoms with Crippen LogP contribution in [0.5, 0.6) is 11.5 Å². The molecule has 3 nitrogen and oxygen atoms in total. The van der Waals surface area contributed by atoms with Gasteiger partial charge in [0.25, 0.3) is 0 Å². The minimum atomic E-state index is -0.800. The average molecular weight is 302 g/mol. The third-order valence-corrected chi connectivity index (χ3v) is 2.74. The van der Waals surface area contributed by atoms with Crippen LogP contribution in [0.15, 0.2) is 42.5 Å². The SMILES string of the molecule is C#CC(OC(C)=O)c1ccc(Oc2ccc(F)cc2F)cc1. The molecule has 2 aromatic rings. The topological polar surface area (TPSA) is 35.5 Å². The first-order chi connectivity index (χ1) is 10.5. The number of benzene rings is 2. The van der Waals surface area contributed by atoms with Crippen molar-refractivity contribution in [1.29, 1.82) is 0 Å². The molecule has 1 atom stereocenters. The van der Waals surface area contributed by atoms with Crippen LogP contribution in [-0.4, -0.2) is 5.97 Å². The Balaban J connectivity index is 2.15. The standard InChI is InChI=1S/C17H12F2O3/c1-3-16(21-11(2)20)12-4-7-14(8-5-12)22-17-9-6-13(18)10-15(17)19/h1,4-10,16H,2H3. The van der Waals surface area contributed by atoms with Crippen molar-refractivity contribution in [3.63, 3.8) is 0 Å². The number of esters is 1. The van der Waals surface area contributed by atoms with Crippen molar-refractivity contribution >= 4 is 5.97 Å². The predicted octanol–water partition coefficient (Wildman–Crippen LogP) is 3.99. The molecule has 2 aromatic carbocycles. The second-order valence-corrected chi connectivity index (χ2v) is 4.40. The van der Waals surface area contributed by atoms with Gasteiger partial charge in [0.1, 0.15) is 11.6 Å². The fraction of sp³-hybridized carbons (Fsp3) is 0.118. The summed E-state index contributed by atoms with van der Waals surface area (Å²) in [4.78, 5) is 10.9. The quantitative estimate of drug-likeness (QED) is 0.632. The minimum absolute atomic E-state index is 0.0948. The third kappa shape index (κ3) is 3.83. The highest BCUT2D eigenvalue weighted by Gasteiger charge is 2.12. The van der Waals surface area contributed by atoms with Crippen molar-refractivity contribution in [2.45, 2.75) is 13.0 Å². The molecule has 0 saturated heterocycles. The molecule has 0 amide bonds. The van der Waals surface area contributed by atoms with E-state index in [-0.39, 0.29) is 5.75 Å². The molecule has 2 rings (SSSR count). The van der Waals surface area contributed by atoms with E-state index in [4.69, 9.17) is 15.9 Å². The van der Waals surface area contributed by atoms with Crippen molar-refractivity contribution in [3.8, 4) is 23.8 Å². The molecule has 1 unspecified atom stereocenters. The van der Waals surface area contributed by atoms with Crippen LogP contribution in [0, 0.1) is 24.0 Å². The maximum absolute atomic E-state index is 13.5. The molecule has 0 aliphatic rings. The fourth-order valence-electron chi connectivity index (χ4n) is 1.76. The van der Waals surface area contributed by atoms with Gasteiger partial charge in [-0.3, -0.25) is 4.79 Å². The summed E-state index contributed by atoms with van der Waals surface area (Å²) >= 11 is 0. The summed E-state index contributed by atoms with van der Waals surface area (Å²) in [6.07, 6.45) is 4.51. The highest BCUT2D eigenvalue weighted by molar-refractivity contribution is 5.66. The molecular weight excluding hydrogens is 290 g/mol. The van der Waals surface area contributed by atoms with E-state index in [1.165, 1.54) is 13.0 Å². The van der Waals surface area contributed by atoms with Crippen molar-refractivity contribution in [2.75, 3.05) is 0 Å². The largest absolute Gasteiger partial charge is 0.454 e. The number of hydrogen-bond acceptors (Lipinski definition) is 3. The van der Waals surface area contributed by atoms with E-state index in [1.807, 2.05) is 0 Å². The molecule has 0 saturated carbocycles. The maximum Gasteiger partial charge on any atom is 0.304 e. The van der Waals surface area contributed by atoms with Gasteiger partial charge in [-0.2, -0.15) is 0 Å². The number of halogens is 2. The first-order valence-corrected chi connectivity index (χ1v) is 6.36. The summed E-state index contributed by atoms with van der Waals surface area (Å²) in [5.74, 6) is 0.623. The number of carbonyl (C=O) groups is 1. The highest BCUT2D eigenvalue weighted by Crippen LogP contribution is 2.26. The zero-order chi connectivity index (χ0) is 16.1. The minimum Gasteiger partial charge on any atom is -0.454 e.